The third-order valence-corrected chi connectivity index (χ3v) is 4.95. The topological polar surface area (TPSA) is 95.9 Å². The molecule has 25 heavy (non-hydrogen) atoms. The van der Waals surface area contributed by atoms with E-state index >= 15 is 0 Å². The van der Waals surface area contributed by atoms with Crippen LogP contribution in [0.4, 0.5) is 13.2 Å². The zero-order valence-corrected chi connectivity index (χ0v) is 15.3. The number of sulfonamides is 1. The predicted octanol–water partition coefficient (Wildman–Crippen LogP) is 1.20. The highest BCUT2D eigenvalue weighted by molar-refractivity contribution is 7.88. The Hall–Kier alpha value is -0.910. The van der Waals surface area contributed by atoms with Crippen molar-refractivity contribution in [1.82, 2.24) is 9.62 Å². The molecule has 2 rings (SSSR count). The molecule has 0 aromatic heterocycles. The lowest BCUT2D eigenvalue weighted by atomic mass is 9.90. The highest BCUT2D eigenvalue weighted by Crippen LogP contribution is 2.35. The molecule has 2 fully saturated rings. The standard InChI is InChI=1S/C12H24N2O3S.C2HF3O2/c1-10(2)14-6-5-12(9-14)8-11(4-7-17-12)13-18(3,15)16;3-2(4,5)1(6)7/h10-11,13H,4-9H2,1-3H3;(H,6,7)/t11-,12+;/m0./s1. The number of carboxylic acids is 1. The van der Waals surface area contributed by atoms with Gasteiger partial charge in [0.25, 0.3) is 0 Å². The quantitative estimate of drug-likeness (QED) is 0.752. The maximum absolute atomic E-state index is 11.3. The lowest BCUT2D eigenvalue weighted by Crippen LogP contribution is -2.50. The van der Waals surface area contributed by atoms with E-state index in [1.807, 2.05) is 0 Å². The first-order chi connectivity index (χ1) is 11.2. The molecule has 2 heterocycles. The Balaban J connectivity index is 0.000000381. The molecule has 148 valence electrons. The molecule has 11 heteroatoms. The van der Waals surface area contributed by atoms with Crippen molar-refractivity contribution in [2.24, 2.45) is 0 Å². The second kappa shape index (κ2) is 8.19. The van der Waals surface area contributed by atoms with Crippen LogP contribution in [0.3, 0.4) is 0 Å². The minimum Gasteiger partial charge on any atom is -0.475 e. The number of nitrogens with one attached hydrogen (secondary N) is 1. The second-order valence-electron chi connectivity index (χ2n) is 6.73. The van der Waals surface area contributed by atoms with Gasteiger partial charge in [0, 0.05) is 31.8 Å². The molecule has 2 N–H and O–H groups in total. The summed E-state index contributed by atoms with van der Waals surface area (Å²) in [5.41, 5.74) is -0.134. The highest BCUT2D eigenvalue weighted by atomic mass is 32.2. The van der Waals surface area contributed by atoms with Crippen LogP contribution in [0.1, 0.15) is 33.1 Å². The summed E-state index contributed by atoms with van der Waals surface area (Å²) in [7, 11) is -3.12. The monoisotopic (exact) mass is 390 g/mol. The first kappa shape index (κ1) is 22.1. The molecule has 0 radical (unpaired) electrons. The molecule has 0 aromatic rings. The number of alkyl halides is 3. The van der Waals surface area contributed by atoms with Gasteiger partial charge in [-0.3, -0.25) is 4.90 Å². The smallest absolute Gasteiger partial charge is 0.475 e. The minimum absolute atomic E-state index is 0.0286. The van der Waals surface area contributed by atoms with Crippen LogP contribution in [0.5, 0.6) is 0 Å². The van der Waals surface area contributed by atoms with Crippen molar-refractivity contribution in [1.29, 1.82) is 0 Å². The van der Waals surface area contributed by atoms with Gasteiger partial charge < -0.3 is 9.84 Å². The molecule has 1 spiro atoms. The van der Waals surface area contributed by atoms with Crippen molar-refractivity contribution >= 4 is 16.0 Å². The molecule has 0 bridgehead atoms. The van der Waals surface area contributed by atoms with Crippen molar-refractivity contribution in [2.45, 2.75) is 57.0 Å². The van der Waals surface area contributed by atoms with Gasteiger partial charge in [0.1, 0.15) is 0 Å². The zero-order chi connectivity index (χ0) is 19.5. The molecule has 0 amide bonds. The Morgan fingerprint density at radius 2 is 1.96 bits per heavy atom. The van der Waals surface area contributed by atoms with Crippen molar-refractivity contribution < 1.29 is 36.2 Å². The summed E-state index contributed by atoms with van der Waals surface area (Å²) in [6.45, 7) is 7.00. The molecular weight excluding hydrogens is 365 g/mol. The van der Waals surface area contributed by atoms with Gasteiger partial charge in [0.15, 0.2) is 0 Å². The van der Waals surface area contributed by atoms with Crippen LogP contribution >= 0.6 is 0 Å². The lowest BCUT2D eigenvalue weighted by molar-refractivity contribution is -0.192. The summed E-state index contributed by atoms with van der Waals surface area (Å²) in [6.07, 6.45) is -1.28. The number of hydrogen-bond donors (Lipinski definition) is 2. The average molecular weight is 390 g/mol. The summed E-state index contributed by atoms with van der Waals surface area (Å²) < 4.78 is 63.1. The zero-order valence-electron chi connectivity index (χ0n) is 14.5. The van der Waals surface area contributed by atoms with Gasteiger partial charge in [-0.1, -0.05) is 0 Å². The average Bonchev–Trinajstić information content (AvgIpc) is 2.80. The highest BCUT2D eigenvalue weighted by Gasteiger charge is 2.44. The number of rotatable bonds is 3. The number of hydrogen-bond acceptors (Lipinski definition) is 5. The van der Waals surface area contributed by atoms with E-state index in [0.717, 1.165) is 32.4 Å². The van der Waals surface area contributed by atoms with E-state index in [9.17, 15) is 21.6 Å². The van der Waals surface area contributed by atoms with Gasteiger partial charge in [-0.25, -0.2) is 17.9 Å². The molecule has 0 aliphatic carbocycles. The van der Waals surface area contributed by atoms with Gasteiger partial charge in [0.2, 0.25) is 10.0 Å². The van der Waals surface area contributed by atoms with Gasteiger partial charge in [-0.05, 0) is 33.1 Å². The normalized spacial score (nSPS) is 28.0. The van der Waals surface area contributed by atoms with Gasteiger partial charge in [-0.15, -0.1) is 0 Å². The first-order valence-electron chi connectivity index (χ1n) is 7.89. The fraction of sp³-hybridized carbons (Fsp3) is 0.929. The Labute approximate surface area is 145 Å². The van der Waals surface area contributed by atoms with Crippen LogP contribution in [0.25, 0.3) is 0 Å². The SMILES string of the molecule is CC(C)N1CC[C@@]2(C[C@@H](NS(C)(=O)=O)CCO2)C1.O=C(O)C(F)(F)F. The van der Waals surface area contributed by atoms with Crippen molar-refractivity contribution in [3.8, 4) is 0 Å². The van der Waals surface area contributed by atoms with E-state index in [1.165, 1.54) is 6.26 Å². The Kier molecular flexibility index (Phi) is 7.25. The third-order valence-electron chi connectivity index (χ3n) is 4.19. The van der Waals surface area contributed by atoms with Crippen molar-refractivity contribution in [3.63, 3.8) is 0 Å². The first-order valence-corrected chi connectivity index (χ1v) is 9.79. The molecule has 2 aliphatic rings. The van der Waals surface area contributed by atoms with E-state index < -0.39 is 22.2 Å². The number of likely N-dealkylation sites (tertiary alicyclic amines) is 1. The number of ether oxygens (including phenoxy) is 1. The van der Waals surface area contributed by atoms with Crippen molar-refractivity contribution in [3.05, 3.63) is 0 Å². The molecule has 2 aliphatic heterocycles. The molecular formula is C14H25F3N2O5S. The van der Waals surface area contributed by atoms with Gasteiger partial charge in [0.05, 0.1) is 11.9 Å². The fourth-order valence-corrected chi connectivity index (χ4v) is 3.84. The van der Waals surface area contributed by atoms with E-state index in [4.69, 9.17) is 14.6 Å². The Morgan fingerprint density at radius 1 is 1.40 bits per heavy atom. The summed E-state index contributed by atoms with van der Waals surface area (Å²) in [6, 6.07) is 0.553. The molecule has 2 saturated heterocycles. The fourth-order valence-electron chi connectivity index (χ4n) is 3.03. The van der Waals surface area contributed by atoms with Crippen LogP contribution in [-0.2, 0) is 19.6 Å². The van der Waals surface area contributed by atoms with E-state index in [-0.39, 0.29) is 11.6 Å². The molecule has 7 nitrogen and oxygen atoms in total. The summed E-state index contributed by atoms with van der Waals surface area (Å²) in [5, 5.41) is 7.12. The Bertz CT molecular complexity index is 567. The van der Waals surface area contributed by atoms with Gasteiger partial charge in [-0.2, -0.15) is 13.2 Å². The third kappa shape index (κ3) is 7.47. The molecule has 0 unspecified atom stereocenters. The summed E-state index contributed by atoms with van der Waals surface area (Å²) in [4.78, 5) is 11.3. The van der Waals surface area contributed by atoms with Gasteiger partial charge >= 0.3 is 12.1 Å². The van der Waals surface area contributed by atoms with Crippen LogP contribution in [0.15, 0.2) is 0 Å². The van der Waals surface area contributed by atoms with E-state index in [0.29, 0.717) is 12.6 Å². The van der Waals surface area contributed by atoms with Crippen LogP contribution in [0.2, 0.25) is 0 Å². The lowest BCUT2D eigenvalue weighted by Gasteiger charge is -2.38. The van der Waals surface area contributed by atoms with Crippen LogP contribution in [0, 0.1) is 0 Å². The predicted molar refractivity (Wildman–Crippen MR) is 84.7 cm³/mol. The largest absolute Gasteiger partial charge is 0.490 e. The van der Waals surface area contributed by atoms with Crippen molar-refractivity contribution in [2.75, 3.05) is 26.0 Å². The van der Waals surface area contributed by atoms with E-state index in [1.54, 1.807) is 0 Å². The summed E-state index contributed by atoms with van der Waals surface area (Å²) in [5.74, 6) is -2.76. The number of aliphatic carboxylic acids is 1. The van der Waals surface area contributed by atoms with Crippen LogP contribution in [-0.4, -0.2) is 74.2 Å². The van der Waals surface area contributed by atoms with E-state index in [2.05, 4.69) is 23.5 Å². The number of carboxylic acid groups (broad SMARTS) is 1. The number of nitrogens with zero attached hydrogens (tertiary/aromatic N) is 1. The Morgan fingerprint density at radius 3 is 2.36 bits per heavy atom. The molecule has 2 atom stereocenters. The maximum atomic E-state index is 11.3. The maximum Gasteiger partial charge on any atom is 0.490 e. The minimum atomic E-state index is -5.08. The van der Waals surface area contributed by atoms with Crippen LogP contribution < -0.4 is 4.72 Å². The molecule has 0 saturated carbocycles. The second-order valence-corrected chi connectivity index (χ2v) is 8.51. The number of carbonyl (C=O) groups is 1. The summed E-state index contributed by atoms with van der Waals surface area (Å²) >= 11 is 0. The molecule has 0 aromatic carbocycles. The number of halogens is 3.